The molecule has 156 valence electrons. The van der Waals surface area contributed by atoms with Gasteiger partial charge < -0.3 is 14.8 Å². The zero-order chi connectivity index (χ0) is 21.7. The number of halogens is 1. The molecular formula is C22H22FN3O4. The van der Waals surface area contributed by atoms with E-state index in [9.17, 15) is 14.0 Å². The van der Waals surface area contributed by atoms with Gasteiger partial charge in [-0.15, -0.1) is 0 Å². The summed E-state index contributed by atoms with van der Waals surface area (Å²) in [5.41, 5.74) is 3.97. The molecular weight excluding hydrogens is 389 g/mol. The number of amides is 1. The van der Waals surface area contributed by atoms with Gasteiger partial charge in [-0.25, -0.2) is 13.9 Å². The number of benzene rings is 2. The number of rotatable bonds is 7. The highest BCUT2D eigenvalue weighted by Gasteiger charge is 2.16. The van der Waals surface area contributed by atoms with Crippen LogP contribution in [-0.2, 0) is 14.3 Å². The molecule has 0 spiro atoms. The van der Waals surface area contributed by atoms with Crippen LogP contribution in [0.4, 0.5) is 10.1 Å². The Morgan fingerprint density at radius 3 is 2.50 bits per heavy atom. The van der Waals surface area contributed by atoms with Gasteiger partial charge in [-0.1, -0.05) is 23.8 Å². The van der Waals surface area contributed by atoms with E-state index >= 15 is 0 Å². The van der Waals surface area contributed by atoms with Crippen molar-refractivity contribution in [1.29, 1.82) is 0 Å². The minimum atomic E-state index is -0.738. The lowest BCUT2D eigenvalue weighted by Crippen LogP contribution is -2.24. The van der Waals surface area contributed by atoms with E-state index in [4.69, 9.17) is 9.47 Å². The van der Waals surface area contributed by atoms with Crippen molar-refractivity contribution >= 4 is 17.6 Å². The van der Waals surface area contributed by atoms with Crippen LogP contribution in [0.25, 0.3) is 5.69 Å². The summed E-state index contributed by atoms with van der Waals surface area (Å²) < 4.78 is 24.9. The van der Waals surface area contributed by atoms with Gasteiger partial charge in [-0.05, 0) is 45.0 Å². The van der Waals surface area contributed by atoms with Crippen molar-refractivity contribution in [3.63, 3.8) is 0 Å². The summed E-state index contributed by atoms with van der Waals surface area (Å²) in [5, 5.41) is 7.20. The van der Waals surface area contributed by atoms with E-state index in [1.807, 2.05) is 38.1 Å². The van der Waals surface area contributed by atoms with E-state index in [0.717, 1.165) is 23.0 Å². The number of nitrogens with one attached hydrogen (secondary N) is 1. The first-order valence-corrected chi connectivity index (χ1v) is 9.30. The molecule has 3 aromatic rings. The molecule has 7 nitrogen and oxygen atoms in total. The lowest BCUT2D eigenvalue weighted by Gasteiger charge is -2.09. The van der Waals surface area contributed by atoms with Gasteiger partial charge in [0.05, 0.1) is 22.8 Å². The van der Waals surface area contributed by atoms with Crippen LogP contribution in [0, 0.1) is 26.6 Å². The van der Waals surface area contributed by atoms with Crippen molar-refractivity contribution in [1.82, 2.24) is 9.78 Å². The molecule has 1 N–H and O–H groups in total. The van der Waals surface area contributed by atoms with Gasteiger partial charge in [0.15, 0.2) is 13.2 Å². The molecule has 8 heteroatoms. The summed E-state index contributed by atoms with van der Waals surface area (Å²) in [5.74, 6) is -1.51. The third-order valence-electron chi connectivity index (χ3n) is 4.35. The molecule has 2 aromatic carbocycles. The number of ether oxygens (including phenoxy) is 2. The van der Waals surface area contributed by atoms with Gasteiger partial charge in [0.2, 0.25) is 0 Å². The molecule has 0 atom stereocenters. The number of anilines is 1. The molecule has 0 aliphatic rings. The van der Waals surface area contributed by atoms with Crippen molar-refractivity contribution < 1.29 is 23.5 Å². The summed E-state index contributed by atoms with van der Waals surface area (Å²) in [7, 11) is 0. The van der Waals surface area contributed by atoms with Gasteiger partial charge in [0, 0.05) is 6.07 Å². The molecule has 0 saturated heterocycles. The molecule has 0 unspecified atom stereocenters. The van der Waals surface area contributed by atoms with Crippen LogP contribution >= 0.6 is 0 Å². The standard InChI is InChI=1S/C22H22FN3O4/c1-14-7-9-18(10-8-14)26-16(3)22(15(2)25-26)24-20(27)12-30-21(28)13-29-19-6-4-5-17(23)11-19/h4-11H,12-13H2,1-3H3,(H,24,27). The maximum Gasteiger partial charge on any atom is 0.344 e. The highest BCUT2D eigenvalue weighted by Crippen LogP contribution is 2.23. The number of aromatic nitrogens is 2. The fourth-order valence-electron chi connectivity index (χ4n) is 2.82. The number of esters is 1. The Morgan fingerprint density at radius 1 is 1.07 bits per heavy atom. The van der Waals surface area contributed by atoms with Crippen molar-refractivity contribution in [2.45, 2.75) is 20.8 Å². The highest BCUT2D eigenvalue weighted by molar-refractivity contribution is 5.94. The average molecular weight is 411 g/mol. The van der Waals surface area contributed by atoms with E-state index in [0.29, 0.717) is 11.4 Å². The predicted octanol–water partition coefficient (Wildman–Crippen LogP) is 3.50. The van der Waals surface area contributed by atoms with Crippen LogP contribution in [-0.4, -0.2) is 34.9 Å². The summed E-state index contributed by atoms with van der Waals surface area (Å²) in [4.78, 5) is 24.0. The van der Waals surface area contributed by atoms with Crippen LogP contribution in [0.1, 0.15) is 17.0 Å². The lowest BCUT2D eigenvalue weighted by atomic mass is 10.2. The Balaban J connectivity index is 1.54. The largest absolute Gasteiger partial charge is 0.482 e. The molecule has 0 bridgehead atoms. The monoisotopic (exact) mass is 411 g/mol. The lowest BCUT2D eigenvalue weighted by molar-refractivity contribution is -0.149. The van der Waals surface area contributed by atoms with E-state index < -0.39 is 30.9 Å². The zero-order valence-corrected chi connectivity index (χ0v) is 16.9. The Morgan fingerprint density at radius 2 is 1.80 bits per heavy atom. The van der Waals surface area contributed by atoms with Crippen molar-refractivity contribution in [3.05, 3.63) is 71.3 Å². The minimum absolute atomic E-state index is 0.200. The SMILES string of the molecule is Cc1ccc(-n2nc(C)c(NC(=O)COC(=O)COc3cccc(F)c3)c2C)cc1. The van der Waals surface area contributed by atoms with E-state index in [1.165, 1.54) is 18.2 Å². The first-order valence-electron chi connectivity index (χ1n) is 9.30. The fourth-order valence-corrected chi connectivity index (χ4v) is 2.82. The third kappa shape index (κ3) is 5.22. The van der Waals surface area contributed by atoms with Gasteiger partial charge >= 0.3 is 5.97 Å². The van der Waals surface area contributed by atoms with Gasteiger partial charge in [0.25, 0.3) is 5.91 Å². The van der Waals surface area contributed by atoms with Crippen molar-refractivity contribution in [3.8, 4) is 11.4 Å². The highest BCUT2D eigenvalue weighted by atomic mass is 19.1. The summed E-state index contributed by atoms with van der Waals surface area (Å²) >= 11 is 0. The quantitative estimate of drug-likeness (QED) is 0.602. The third-order valence-corrected chi connectivity index (χ3v) is 4.35. The smallest absolute Gasteiger partial charge is 0.344 e. The van der Waals surface area contributed by atoms with Gasteiger partial charge in [0.1, 0.15) is 11.6 Å². The van der Waals surface area contributed by atoms with Crippen molar-refractivity contribution in [2.75, 3.05) is 18.5 Å². The first-order chi connectivity index (χ1) is 14.3. The molecule has 0 saturated carbocycles. The molecule has 1 heterocycles. The predicted molar refractivity (Wildman–Crippen MR) is 109 cm³/mol. The van der Waals surface area contributed by atoms with Crippen LogP contribution < -0.4 is 10.1 Å². The topological polar surface area (TPSA) is 82.5 Å². The molecule has 0 radical (unpaired) electrons. The number of aryl methyl sites for hydroxylation is 2. The Kier molecular flexibility index (Phi) is 6.46. The minimum Gasteiger partial charge on any atom is -0.482 e. The Hall–Kier alpha value is -3.68. The second-order valence-electron chi connectivity index (χ2n) is 6.75. The summed E-state index contributed by atoms with van der Waals surface area (Å²) in [6, 6.07) is 13.2. The van der Waals surface area contributed by atoms with E-state index in [-0.39, 0.29) is 5.75 Å². The number of nitrogens with zero attached hydrogens (tertiary/aromatic N) is 2. The number of hydrogen-bond donors (Lipinski definition) is 1. The average Bonchev–Trinajstić information content (AvgIpc) is 2.99. The molecule has 0 aliphatic heterocycles. The van der Waals surface area contributed by atoms with Gasteiger partial charge in [-0.2, -0.15) is 5.10 Å². The molecule has 0 fully saturated rings. The van der Waals surface area contributed by atoms with E-state index in [2.05, 4.69) is 10.4 Å². The fraction of sp³-hybridized carbons (Fsp3) is 0.227. The van der Waals surface area contributed by atoms with Crippen molar-refractivity contribution in [2.24, 2.45) is 0 Å². The number of carbonyl (C=O) groups is 2. The number of carbonyl (C=O) groups excluding carboxylic acids is 2. The molecule has 1 aromatic heterocycles. The second kappa shape index (κ2) is 9.21. The molecule has 30 heavy (non-hydrogen) atoms. The normalized spacial score (nSPS) is 10.5. The summed E-state index contributed by atoms with van der Waals surface area (Å²) in [6.07, 6.45) is 0. The number of hydrogen-bond acceptors (Lipinski definition) is 5. The molecule has 3 rings (SSSR count). The first kappa shape index (κ1) is 21.0. The van der Waals surface area contributed by atoms with Crippen LogP contribution in [0.2, 0.25) is 0 Å². The zero-order valence-electron chi connectivity index (χ0n) is 16.9. The Bertz CT molecular complexity index is 1060. The summed E-state index contributed by atoms with van der Waals surface area (Å²) in [6.45, 7) is 4.72. The van der Waals surface area contributed by atoms with Crippen LogP contribution in [0.5, 0.6) is 5.75 Å². The van der Waals surface area contributed by atoms with Gasteiger partial charge in [-0.3, -0.25) is 4.79 Å². The van der Waals surface area contributed by atoms with E-state index in [1.54, 1.807) is 11.6 Å². The van der Waals surface area contributed by atoms with Crippen LogP contribution in [0.15, 0.2) is 48.5 Å². The maximum absolute atomic E-state index is 13.1. The van der Waals surface area contributed by atoms with Crippen LogP contribution in [0.3, 0.4) is 0 Å². The molecule has 0 aliphatic carbocycles. The maximum atomic E-state index is 13.1. The Labute approximate surface area is 173 Å². The molecule has 1 amide bonds. The second-order valence-corrected chi connectivity index (χ2v) is 6.75.